The molecule has 0 atom stereocenters. The van der Waals surface area contributed by atoms with Crippen LogP contribution in [0.5, 0.6) is 0 Å². The zero-order chi connectivity index (χ0) is 15.7. The van der Waals surface area contributed by atoms with Gasteiger partial charge in [0.2, 0.25) is 0 Å². The van der Waals surface area contributed by atoms with Crippen LogP contribution in [0.25, 0.3) is 22.6 Å². The third-order valence-electron chi connectivity index (χ3n) is 3.17. The van der Waals surface area contributed by atoms with Gasteiger partial charge in [-0.1, -0.05) is 17.3 Å². The second-order valence-corrected chi connectivity index (χ2v) is 4.67. The van der Waals surface area contributed by atoms with Crippen molar-refractivity contribution < 1.29 is 22.8 Å². The monoisotopic (exact) mass is 305 g/mol. The Balaban J connectivity index is 2.15. The predicted octanol–water partition coefficient (Wildman–Crippen LogP) is 3.92. The van der Waals surface area contributed by atoms with E-state index in [0.29, 0.717) is 5.56 Å². The average Bonchev–Trinajstić information content (AvgIpc) is 2.90. The van der Waals surface area contributed by atoms with Crippen molar-refractivity contribution in [1.29, 1.82) is 0 Å². The molecule has 0 saturated heterocycles. The summed E-state index contributed by atoms with van der Waals surface area (Å²) in [4.78, 5) is 0. The van der Waals surface area contributed by atoms with Gasteiger partial charge in [0.1, 0.15) is 23.1 Å². The number of nitrogens with zero attached hydrogens (tertiary/aromatic N) is 1. The Morgan fingerprint density at radius 2 is 1.59 bits per heavy atom. The molecule has 0 amide bonds. The summed E-state index contributed by atoms with van der Waals surface area (Å²) in [6, 6.07) is 8.44. The summed E-state index contributed by atoms with van der Waals surface area (Å²) < 4.78 is 45.1. The number of hydrogen-bond acceptors (Lipinski definition) is 3. The van der Waals surface area contributed by atoms with E-state index in [-0.39, 0.29) is 22.6 Å². The summed E-state index contributed by atoms with van der Waals surface area (Å²) in [6.07, 6.45) is 0. The first kappa shape index (κ1) is 14.3. The molecule has 0 radical (unpaired) electrons. The molecule has 3 aromatic rings. The Kier molecular flexibility index (Phi) is 3.68. The molecule has 1 heterocycles. The van der Waals surface area contributed by atoms with Gasteiger partial charge in [0, 0.05) is 17.2 Å². The standard InChI is InChI=1S/C16H10F3NO2/c17-11-3-1-2-9(4-11)15-14(8-21)16(22-20-15)10-5-12(18)7-13(19)6-10/h1-7,21H,8H2. The van der Waals surface area contributed by atoms with Gasteiger partial charge in [0.25, 0.3) is 0 Å². The molecule has 2 aromatic carbocycles. The lowest BCUT2D eigenvalue weighted by Crippen LogP contribution is -1.91. The average molecular weight is 305 g/mol. The van der Waals surface area contributed by atoms with Crippen LogP contribution in [0.1, 0.15) is 5.56 Å². The molecule has 0 aliphatic carbocycles. The Morgan fingerprint density at radius 3 is 2.23 bits per heavy atom. The van der Waals surface area contributed by atoms with Gasteiger partial charge >= 0.3 is 0 Å². The summed E-state index contributed by atoms with van der Waals surface area (Å²) in [7, 11) is 0. The summed E-state index contributed by atoms with van der Waals surface area (Å²) >= 11 is 0. The quantitative estimate of drug-likeness (QED) is 0.798. The number of halogens is 3. The van der Waals surface area contributed by atoms with Crippen LogP contribution in [0.4, 0.5) is 13.2 Å². The lowest BCUT2D eigenvalue weighted by Gasteiger charge is -2.02. The Bertz CT molecular complexity index is 810. The summed E-state index contributed by atoms with van der Waals surface area (Å²) in [6.45, 7) is -0.469. The maximum absolute atomic E-state index is 13.3. The first-order valence-electron chi connectivity index (χ1n) is 6.40. The maximum atomic E-state index is 13.3. The van der Waals surface area contributed by atoms with Gasteiger partial charge < -0.3 is 9.63 Å². The second kappa shape index (κ2) is 5.65. The number of aliphatic hydroxyl groups excluding tert-OH is 1. The molecule has 6 heteroatoms. The zero-order valence-electron chi connectivity index (χ0n) is 11.2. The SMILES string of the molecule is OCc1c(-c2cccc(F)c2)noc1-c1cc(F)cc(F)c1. The van der Waals surface area contributed by atoms with E-state index in [1.807, 2.05) is 0 Å². The molecule has 1 N–H and O–H groups in total. The highest BCUT2D eigenvalue weighted by atomic mass is 19.1. The highest BCUT2D eigenvalue weighted by Gasteiger charge is 2.19. The molecule has 3 nitrogen and oxygen atoms in total. The van der Waals surface area contributed by atoms with Gasteiger partial charge in [-0.25, -0.2) is 13.2 Å². The van der Waals surface area contributed by atoms with Crippen molar-refractivity contribution in [3.63, 3.8) is 0 Å². The van der Waals surface area contributed by atoms with E-state index < -0.39 is 24.1 Å². The molecule has 0 aliphatic heterocycles. The number of hydrogen-bond donors (Lipinski definition) is 1. The van der Waals surface area contributed by atoms with Crippen molar-refractivity contribution in [3.8, 4) is 22.6 Å². The maximum Gasteiger partial charge on any atom is 0.173 e. The van der Waals surface area contributed by atoms with Crippen molar-refractivity contribution in [2.45, 2.75) is 6.61 Å². The fourth-order valence-electron chi connectivity index (χ4n) is 2.23. The second-order valence-electron chi connectivity index (χ2n) is 4.67. The summed E-state index contributed by atoms with van der Waals surface area (Å²) in [5.41, 5.74) is 0.963. The van der Waals surface area contributed by atoms with E-state index in [0.717, 1.165) is 18.2 Å². The van der Waals surface area contributed by atoms with Crippen molar-refractivity contribution in [2.75, 3.05) is 0 Å². The van der Waals surface area contributed by atoms with Crippen LogP contribution in [0, 0.1) is 17.5 Å². The highest BCUT2D eigenvalue weighted by molar-refractivity contribution is 5.72. The van der Waals surface area contributed by atoms with Gasteiger partial charge in [-0.15, -0.1) is 0 Å². The molecule has 1 aromatic heterocycles. The smallest absolute Gasteiger partial charge is 0.173 e. The van der Waals surface area contributed by atoms with Crippen molar-refractivity contribution >= 4 is 0 Å². The topological polar surface area (TPSA) is 46.3 Å². The third kappa shape index (κ3) is 2.60. The lowest BCUT2D eigenvalue weighted by molar-refractivity contribution is 0.281. The van der Waals surface area contributed by atoms with Crippen LogP contribution in [0.15, 0.2) is 47.0 Å². The minimum Gasteiger partial charge on any atom is -0.391 e. The Morgan fingerprint density at radius 1 is 0.909 bits per heavy atom. The zero-order valence-corrected chi connectivity index (χ0v) is 11.2. The normalized spacial score (nSPS) is 10.9. The molecular weight excluding hydrogens is 295 g/mol. The van der Waals surface area contributed by atoms with Crippen LogP contribution < -0.4 is 0 Å². The van der Waals surface area contributed by atoms with Gasteiger partial charge in [-0.2, -0.15) is 0 Å². The van der Waals surface area contributed by atoms with Crippen molar-refractivity contribution in [1.82, 2.24) is 5.16 Å². The van der Waals surface area contributed by atoms with E-state index in [1.165, 1.54) is 18.2 Å². The number of rotatable bonds is 3. The summed E-state index contributed by atoms with van der Waals surface area (Å²) in [5, 5.41) is 13.3. The number of aliphatic hydroxyl groups is 1. The number of aromatic nitrogens is 1. The van der Waals surface area contributed by atoms with Gasteiger partial charge in [0.15, 0.2) is 5.76 Å². The van der Waals surface area contributed by atoms with Gasteiger partial charge in [0.05, 0.1) is 12.2 Å². The molecular formula is C16H10F3NO2. The Labute approximate surface area is 123 Å². The fraction of sp³-hybridized carbons (Fsp3) is 0.0625. The summed E-state index contributed by atoms with van der Waals surface area (Å²) in [5.74, 6) is -1.98. The molecule has 112 valence electrons. The molecule has 0 fully saturated rings. The van der Waals surface area contributed by atoms with E-state index in [9.17, 15) is 18.3 Å². The molecule has 22 heavy (non-hydrogen) atoms. The van der Waals surface area contributed by atoms with Crippen LogP contribution in [-0.2, 0) is 6.61 Å². The highest BCUT2D eigenvalue weighted by Crippen LogP contribution is 2.33. The first-order chi connectivity index (χ1) is 10.6. The van der Waals surface area contributed by atoms with Crippen molar-refractivity contribution in [3.05, 3.63) is 65.5 Å². The molecule has 3 rings (SSSR count). The molecule has 0 saturated carbocycles. The van der Waals surface area contributed by atoms with Gasteiger partial charge in [-0.3, -0.25) is 0 Å². The van der Waals surface area contributed by atoms with Crippen LogP contribution in [0.2, 0.25) is 0 Å². The van der Waals surface area contributed by atoms with E-state index in [2.05, 4.69) is 5.16 Å². The first-order valence-corrected chi connectivity index (χ1v) is 6.40. The molecule has 0 spiro atoms. The predicted molar refractivity (Wildman–Crippen MR) is 73.2 cm³/mol. The Hall–Kier alpha value is -2.60. The molecule has 0 bridgehead atoms. The van der Waals surface area contributed by atoms with Crippen LogP contribution in [-0.4, -0.2) is 10.3 Å². The third-order valence-corrected chi connectivity index (χ3v) is 3.17. The minimum atomic E-state index is -0.775. The van der Waals surface area contributed by atoms with E-state index >= 15 is 0 Å². The van der Waals surface area contributed by atoms with Crippen molar-refractivity contribution in [2.24, 2.45) is 0 Å². The minimum absolute atomic E-state index is 0.0418. The van der Waals surface area contributed by atoms with E-state index in [4.69, 9.17) is 4.52 Å². The molecule has 0 aliphatic rings. The number of benzene rings is 2. The largest absolute Gasteiger partial charge is 0.391 e. The van der Waals surface area contributed by atoms with Crippen LogP contribution >= 0.6 is 0 Å². The van der Waals surface area contributed by atoms with Gasteiger partial charge in [-0.05, 0) is 24.3 Å². The lowest BCUT2D eigenvalue weighted by atomic mass is 10.0. The van der Waals surface area contributed by atoms with Crippen LogP contribution in [0.3, 0.4) is 0 Å². The molecule has 0 unspecified atom stereocenters. The van der Waals surface area contributed by atoms with E-state index in [1.54, 1.807) is 6.07 Å². The fourth-order valence-corrected chi connectivity index (χ4v) is 2.23.